The summed E-state index contributed by atoms with van der Waals surface area (Å²) in [5.74, 6) is -0.301. The predicted molar refractivity (Wildman–Crippen MR) is 86.5 cm³/mol. The van der Waals surface area contributed by atoms with Gasteiger partial charge in [-0.2, -0.15) is 0 Å². The number of aromatic nitrogens is 1. The van der Waals surface area contributed by atoms with E-state index in [1.807, 2.05) is 42.6 Å². The highest BCUT2D eigenvalue weighted by molar-refractivity contribution is 7.10. The van der Waals surface area contributed by atoms with E-state index in [0.717, 1.165) is 22.8 Å². The van der Waals surface area contributed by atoms with Gasteiger partial charge in [0.2, 0.25) is 5.91 Å². The Morgan fingerprint density at radius 3 is 2.95 bits per heavy atom. The van der Waals surface area contributed by atoms with Gasteiger partial charge in [-0.15, -0.1) is 11.3 Å². The fourth-order valence-electron chi connectivity index (χ4n) is 2.53. The average Bonchev–Trinajstić information content (AvgIpc) is 3.05. The Labute approximate surface area is 133 Å². The lowest BCUT2D eigenvalue weighted by Crippen LogP contribution is -2.48. The van der Waals surface area contributed by atoms with Crippen LogP contribution in [0.5, 0.6) is 0 Å². The topological polar surface area (TPSA) is 68.5 Å². The molecular formula is C16H19N3O2S. The lowest BCUT2D eigenvalue weighted by atomic mass is 10.2. The number of benzene rings is 1. The van der Waals surface area contributed by atoms with Gasteiger partial charge in [0.15, 0.2) is 0 Å². The number of hydrogen-bond acceptors (Lipinski definition) is 5. The molecule has 1 amide bonds. The van der Waals surface area contributed by atoms with E-state index in [1.165, 1.54) is 0 Å². The van der Waals surface area contributed by atoms with E-state index >= 15 is 0 Å². The van der Waals surface area contributed by atoms with E-state index in [4.69, 9.17) is 15.5 Å². The monoisotopic (exact) mass is 317 g/mol. The summed E-state index contributed by atoms with van der Waals surface area (Å²) in [5.41, 5.74) is 7.46. The van der Waals surface area contributed by atoms with Crippen LogP contribution in [-0.4, -0.2) is 41.5 Å². The molecule has 0 bridgehead atoms. The maximum Gasteiger partial charge on any atom is 0.234 e. The van der Waals surface area contributed by atoms with Gasteiger partial charge < -0.3 is 10.5 Å². The molecule has 2 atom stereocenters. The smallest absolute Gasteiger partial charge is 0.234 e. The van der Waals surface area contributed by atoms with Gasteiger partial charge in [-0.3, -0.25) is 9.69 Å². The maximum absolute atomic E-state index is 11.4. The first-order valence-corrected chi connectivity index (χ1v) is 8.19. The number of nitrogens with two attached hydrogens (primary N) is 1. The van der Waals surface area contributed by atoms with Crippen molar-refractivity contribution in [3.63, 3.8) is 0 Å². The van der Waals surface area contributed by atoms with Crippen LogP contribution in [0.15, 0.2) is 35.7 Å². The van der Waals surface area contributed by atoms with Gasteiger partial charge in [-0.05, 0) is 6.92 Å². The van der Waals surface area contributed by atoms with E-state index in [2.05, 4.69) is 4.90 Å². The van der Waals surface area contributed by atoms with Crippen molar-refractivity contribution in [3.05, 3.63) is 40.7 Å². The standard InChI is InChI=1S/C16H19N3O2S/c1-11(15(17)20)19-7-8-21-14(9-19)16-18-13(10-22-16)12-5-3-2-4-6-12/h2-6,10-11,14H,7-9H2,1H3,(H2,17,20). The minimum atomic E-state index is -0.301. The van der Waals surface area contributed by atoms with Crippen molar-refractivity contribution in [2.45, 2.75) is 19.1 Å². The van der Waals surface area contributed by atoms with E-state index in [-0.39, 0.29) is 18.1 Å². The molecule has 1 aliphatic rings. The van der Waals surface area contributed by atoms with Crippen LogP contribution in [0.3, 0.4) is 0 Å². The number of carbonyl (C=O) groups excluding carboxylic acids is 1. The summed E-state index contributed by atoms with van der Waals surface area (Å²) in [5, 5.41) is 2.99. The second-order valence-electron chi connectivity index (χ2n) is 5.37. The van der Waals surface area contributed by atoms with E-state index in [1.54, 1.807) is 11.3 Å². The Morgan fingerprint density at radius 1 is 1.45 bits per heavy atom. The number of thiazole rings is 1. The summed E-state index contributed by atoms with van der Waals surface area (Å²) in [6.07, 6.45) is -0.0991. The molecule has 2 heterocycles. The van der Waals surface area contributed by atoms with Crippen LogP contribution in [0, 0.1) is 0 Å². The van der Waals surface area contributed by atoms with Crippen LogP contribution in [0.1, 0.15) is 18.0 Å². The molecule has 0 saturated carbocycles. The number of carbonyl (C=O) groups is 1. The molecule has 3 rings (SSSR count). The van der Waals surface area contributed by atoms with Gasteiger partial charge in [0.1, 0.15) is 11.1 Å². The second-order valence-corrected chi connectivity index (χ2v) is 6.26. The molecule has 5 nitrogen and oxygen atoms in total. The Balaban J connectivity index is 1.74. The first-order valence-electron chi connectivity index (χ1n) is 7.31. The minimum Gasteiger partial charge on any atom is -0.368 e. The molecule has 1 aromatic carbocycles. The molecule has 1 aliphatic heterocycles. The molecule has 0 spiro atoms. The molecule has 116 valence electrons. The third-order valence-electron chi connectivity index (χ3n) is 3.92. The molecule has 0 radical (unpaired) electrons. The molecule has 2 unspecified atom stereocenters. The van der Waals surface area contributed by atoms with Crippen LogP contribution in [0.25, 0.3) is 11.3 Å². The number of nitrogens with zero attached hydrogens (tertiary/aromatic N) is 2. The Hall–Kier alpha value is -1.76. The summed E-state index contributed by atoms with van der Waals surface area (Å²) < 4.78 is 5.83. The van der Waals surface area contributed by atoms with Crippen molar-refractivity contribution in [1.82, 2.24) is 9.88 Å². The number of morpholine rings is 1. The van der Waals surface area contributed by atoms with Gasteiger partial charge in [0, 0.05) is 24.0 Å². The highest BCUT2D eigenvalue weighted by Gasteiger charge is 2.29. The molecular weight excluding hydrogens is 298 g/mol. The van der Waals surface area contributed by atoms with E-state index < -0.39 is 0 Å². The lowest BCUT2D eigenvalue weighted by molar-refractivity contribution is -0.126. The maximum atomic E-state index is 11.4. The summed E-state index contributed by atoms with van der Waals surface area (Å²) in [6.45, 7) is 3.79. The number of primary amides is 1. The van der Waals surface area contributed by atoms with Gasteiger partial charge in [0.05, 0.1) is 18.3 Å². The van der Waals surface area contributed by atoms with Gasteiger partial charge in [-0.25, -0.2) is 4.98 Å². The summed E-state index contributed by atoms with van der Waals surface area (Å²) in [4.78, 5) is 18.1. The minimum absolute atomic E-state index is 0.0991. The lowest BCUT2D eigenvalue weighted by Gasteiger charge is -2.34. The second kappa shape index (κ2) is 6.56. The molecule has 22 heavy (non-hydrogen) atoms. The Morgan fingerprint density at radius 2 is 2.23 bits per heavy atom. The summed E-state index contributed by atoms with van der Waals surface area (Å²) in [6, 6.07) is 9.80. The number of amides is 1. The molecule has 1 saturated heterocycles. The average molecular weight is 317 g/mol. The van der Waals surface area contributed by atoms with Gasteiger partial charge in [-0.1, -0.05) is 30.3 Å². The molecule has 2 N–H and O–H groups in total. The molecule has 6 heteroatoms. The van der Waals surface area contributed by atoms with Crippen molar-refractivity contribution >= 4 is 17.2 Å². The normalized spacial score (nSPS) is 20.7. The third-order valence-corrected chi connectivity index (χ3v) is 4.86. The quantitative estimate of drug-likeness (QED) is 0.937. The first-order chi connectivity index (χ1) is 10.6. The third kappa shape index (κ3) is 3.19. The van der Waals surface area contributed by atoms with Crippen molar-refractivity contribution in [2.24, 2.45) is 5.73 Å². The van der Waals surface area contributed by atoms with Crippen LogP contribution < -0.4 is 5.73 Å². The Bertz CT molecular complexity index is 644. The van der Waals surface area contributed by atoms with Crippen LogP contribution in [0.4, 0.5) is 0 Å². The number of ether oxygens (including phenoxy) is 1. The summed E-state index contributed by atoms with van der Waals surface area (Å²) in [7, 11) is 0. The fourth-order valence-corrected chi connectivity index (χ4v) is 3.39. The van der Waals surface area contributed by atoms with Gasteiger partial charge >= 0.3 is 0 Å². The van der Waals surface area contributed by atoms with E-state index in [0.29, 0.717) is 13.2 Å². The summed E-state index contributed by atoms with van der Waals surface area (Å²) >= 11 is 1.59. The Kier molecular flexibility index (Phi) is 4.52. The van der Waals surface area contributed by atoms with Crippen LogP contribution in [-0.2, 0) is 9.53 Å². The first kappa shape index (κ1) is 15.1. The van der Waals surface area contributed by atoms with E-state index in [9.17, 15) is 4.79 Å². The SMILES string of the molecule is CC(C(N)=O)N1CCOC(c2nc(-c3ccccc3)cs2)C1. The van der Waals surface area contributed by atoms with Crippen molar-refractivity contribution < 1.29 is 9.53 Å². The van der Waals surface area contributed by atoms with Crippen LogP contribution in [0.2, 0.25) is 0 Å². The highest BCUT2D eigenvalue weighted by Crippen LogP contribution is 2.29. The zero-order chi connectivity index (χ0) is 15.5. The molecule has 1 aromatic heterocycles. The molecule has 0 aliphatic carbocycles. The highest BCUT2D eigenvalue weighted by atomic mass is 32.1. The molecule has 2 aromatic rings. The largest absolute Gasteiger partial charge is 0.368 e. The van der Waals surface area contributed by atoms with Crippen molar-refractivity contribution in [2.75, 3.05) is 19.7 Å². The fraction of sp³-hybridized carbons (Fsp3) is 0.375. The van der Waals surface area contributed by atoms with Gasteiger partial charge in [0.25, 0.3) is 0 Å². The predicted octanol–water partition coefficient (Wildman–Crippen LogP) is 2.06. The zero-order valence-electron chi connectivity index (χ0n) is 12.4. The van der Waals surface area contributed by atoms with Crippen molar-refractivity contribution in [3.8, 4) is 11.3 Å². The number of rotatable bonds is 4. The van der Waals surface area contributed by atoms with Crippen LogP contribution >= 0.6 is 11.3 Å². The number of hydrogen-bond donors (Lipinski definition) is 1. The van der Waals surface area contributed by atoms with Crippen molar-refractivity contribution in [1.29, 1.82) is 0 Å². The molecule has 1 fully saturated rings. The zero-order valence-corrected chi connectivity index (χ0v) is 13.3.